The maximum absolute atomic E-state index is 12.0. The predicted molar refractivity (Wildman–Crippen MR) is 77.1 cm³/mol. The lowest BCUT2D eigenvalue weighted by molar-refractivity contribution is 0.0947. The highest BCUT2D eigenvalue weighted by Crippen LogP contribution is 2.15. The molecule has 1 aromatic carbocycles. The van der Waals surface area contributed by atoms with Gasteiger partial charge in [0.05, 0.1) is 10.6 Å². The maximum atomic E-state index is 12.0. The van der Waals surface area contributed by atoms with Gasteiger partial charge >= 0.3 is 0 Å². The maximum Gasteiger partial charge on any atom is 0.273 e. The number of hydrogen-bond acceptors (Lipinski definition) is 5. The van der Waals surface area contributed by atoms with Crippen molar-refractivity contribution in [2.45, 2.75) is 11.8 Å². The van der Waals surface area contributed by atoms with Crippen LogP contribution in [0.3, 0.4) is 0 Å². The first-order valence-electron chi connectivity index (χ1n) is 6.08. The van der Waals surface area contributed by atoms with Crippen LogP contribution in [-0.2, 0) is 9.84 Å². The van der Waals surface area contributed by atoms with Gasteiger partial charge in [0.15, 0.2) is 15.5 Å². The molecule has 112 valence electrons. The van der Waals surface area contributed by atoms with E-state index < -0.39 is 15.7 Å². The molecular weight excluding hydrogens is 316 g/mol. The number of rotatable bonds is 5. The van der Waals surface area contributed by atoms with E-state index in [1.54, 1.807) is 6.92 Å². The van der Waals surface area contributed by atoms with Crippen LogP contribution in [0.25, 0.3) is 0 Å². The molecule has 0 saturated heterocycles. The summed E-state index contributed by atoms with van der Waals surface area (Å²) in [6, 6.07) is 7.35. The normalized spacial score (nSPS) is 11.3. The van der Waals surface area contributed by atoms with Crippen LogP contribution in [0.2, 0.25) is 5.02 Å². The summed E-state index contributed by atoms with van der Waals surface area (Å²) in [5, 5.41) is 6.49. The van der Waals surface area contributed by atoms with E-state index in [2.05, 4.69) is 10.5 Å². The molecule has 0 saturated carbocycles. The number of aryl methyl sites for hydroxylation is 1. The molecule has 0 bridgehead atoms. The molecule has 1 heterocycles. The van der Waals surface area contributed by atoms with E-state index in [0.29, 0.717) is 10.8 Å². The first kappa shape index (κ1) is 15.5. The van der Waals surface area contributed by atoms with Crippen LogP contribution in [0.1, 0.15) is 16.2 Å². The second kappa shape index (κ2) is 6.28. The SMILES string of the molecule is Cc1cc(C(=O)NCCS(=O)(=O)c2ccc(Cl)cc2)no1. The average molecular weight is 329 g/mol. The van der Waals surface area contributed by atoms with Crippen LogP contribution in [0.15, 0.2) is 39.8 Å². The monoisotopic (exact) mass is 328 g/mol. The molecule has 2 rings (SSSR count). The van der Waals surface area contributed by atoms with Gasteiger partial charge in [-0.3, -0.25) is 4.79 Å². The summed E-state index contributed by atoms with van der Waals surface area (Å²) >= 11 is 5.71. The number of nitrogens with one attached hydrogen (secondary N) is 1. The number of benzene rings is 1. The molecule has 1 N–H and O–H groups in total. The van der Waals surface area contributed by atoms with Gasteiger partial charge < -0.3 is 9.84 Å². The van der Waals surface area contributed by atoms with Crippen molar-refractivity contribution in [3.8, 4) is 0 Å². The van der Waals surface area contributed by atoms with Crippen LogP contribution in [0.4, 0.5) is 0 Å². The van der Waals surface area contributed by atoms with Crippen LogP contribution < -0.4 is 5.32 Å². The fraction of sp³-hybridized carbons (Fsp3) is 0.231. The third-order valence-corrected chi connectivity index (χ3v) is 4.67. The van der Waals surface area contributed by atoms with Crippen molar-refractivity contribution in [2.24, 2.45) is 0 Å². The second-order valence-corrected chi connectivity index (χ2v) is 6.90. The summed E-state index contributed by atoms with van der Waals surface area (Å²) in [7, 11) is -3.47. The Labute approximate surface area is 127 Å². The number of hydrogen-bond donors (Lipinski definition) is 1. The highest BCUT2D eigenvalue weighted by molar-refractivity contribution is 7.91. The molecule has 0 spiro atoms. The Kier molecular flexibility index (Phi) is 4.64. The van der Waals surface area contributed by atoms with Crippen molar-refractivity contribution in [1.82, 2.24) is 10.5 Å². The Hall–Kier alpha value is -1.86. The molecule has 0 fully saturated rings. The van der Waals surface area contributed by atoms with Crippen LogP contribution in [0.5, 0.6) is 0 Å². The Morgan fingerprint density at radius 2 is 2.00 bits per heavy atom. The van der Waals surface area contributed by atoms with E-state index in [4.69, 9.17) is 16.1 Å². The summed E-state index contributed by atoms with van der Waals surface area (Å²) in [5.74, 6) is -0.177. The Morgan fingerprint density at radius 3 is 2.57 bits per heavy atom. The number of carbonyl (C=O) groups excluding carboxylic acids is 1. The van der Waals surface area contributed by atoms with Gasteiger partial charge in [-0.05, 0) is 31.2 Å². The molecule has 2 aromatic rings. The van der Waals surface area contributed by atoms with Crippen molar-refractivity contribution in [2.75, 3.05) is 12.3 Å². The number of amides is 1. The van der Waals surface area contributed by atoms with Gasteiger partial charge in [-0.15, -0.1) is 0 Å². The largest absolute Gasteiger partial charge is 0.361 e. The molecule has 0 unspecified atom stereocenters. The molecule has 8 heteroatoms. The number of nitrogens with zero attached hydrogens (tertiary/aromatic N) is 1. The van der Waals surface area contributed by atoms with Crippen molar-refractivity contribution in [1.29, 1.82) is 0 Å². The lowest BCUT2D eigenvalue weighted by atomic mass is 10.3. The standard InChI is InChI=1S/C13H13ClN2O4S/c1-9-8-12(16-20-9)13(17)15-6-7-21(18,19)11-4-2-10(14)3-5-11/h2-5,8H,6-7H2,1H3,(H,15,17). The zero-order chi connectivity index (χ0) is 15.5. The fourth-order valence-electron chi connectivity index (χ4n) is 1.62. The Morgan fingerprint density at radius 1 is 1.33 bits per heavy atom. The Bertz CT molecular complexity index is 738. The smallest absolute Gasteiger partial charge is 0.273 e. The van der Waals surface area contributed by atoms with E-state index >= 15 is 0 Å². The van der Waals surface area contributed by atoms with Gasteiger partial charge in [-0.2, -0.15) is 0 Å². The van der Waals surface area contributed by atoms with E-state index in [1.807, 2.05) is 0 Å². The average Bonchev–Trinajstić information content (AvgIpc) is 2.86. The molecule has 1 amide bonds. The topological polar surface area (TPSA) is 89.3 Å². The summed E-state index contributed by atoms with van der Waals surface area (Å²) < 4.78 is 28.8. The van der Waals surface area contributed by atoms with Gasteiger partial charge in [0.25, 0.3) is 5.91 Å². The zero-order valence-electron chi connectivity index (χ0n) is 11.2. The molecule has 6 nitrogen and oxygen atoms in total. The van der Waals surface area contributed by atoms with E-state index in [1.165, 1.54) is 30.3 Å². The molecule has 0 aliphatic carbocycles. The molecule has 0 radical (unpaired) electrons. The minimum absolute atomic E-state index is 0.0182. The number of halogens is 1. The summed E-state index contributed by atoms with van der Waals surface area (Å²) in [5.41, 5.74) is 0.122. The molecule has 1 aromatic heterocycles. The summed E-state index contributed by atoms with van der Waals surface area (Å²) in [4.78, 5) is 11.8. The van der Waals surface area contributed by atoms with Crippen molar-refractivity contribution in [3.63, 3.8) is 0 Å². The van der Waals surface area contributed by atoms with Gasteiger partial charge in [0.2, 0.25) is 0 Å². The van der Waals surface area contributed by atoms with Crippen molar-refractivity contribution in [3.05, 3.63) is 46.8 Å². The minimum atomic E-state index is -3.47. The third-order valence-electron chi connectivity index (χ3n) is 2.69. The van der Waals surface area contributed by atoms with Crippen molar-refractivity contribution >= 4 is 27.3 Å². The lowest BCUT2D eigenvalue weighted by Crippen LogP contribution is -2.29. The number of sulfone groups is 1. The van der Waals surface area contributed by atoms with Gasteiger partial charge in [-0.25, -0.2) is 8.42 Å². The fourth-order valence-corrected chi connectivity index (χ4v) is 2.91. The van der Waals surface area contributed by atoms with E-state index in [-0.39, 0.29) is 22.9 Å². The Balaban J connectivity index is 1.93. The number of carbonyl (C=O) groups is 1. The zero-order valence-corrected chi connectivity index (χ0v) is 12.7. The van der Waals surface area contributed by atoms with Crippen LogP contribution in [-0.4, -0.2) is 31.8 Å². The summed E-state index contributed by atoms with van der Waals surface area (Å²) in [6.45, 7) is 1.64. The third kappa shape index (κ3) is 4.05. The van der Waals surface area contributed by atoms with E-state index in [0.717, 1.165) is 0 Å². The van der Waals surface area contributed by atoms with E-state index in [9.17, 15) is 13.2 Å². The highest BCUT2D eigenvalue weighted by atomic mass is 35.5. The molecule has 0 atom stereocenters. The van der Waals surface area contributed by atoms with Gasteiger partial charge in [-0.1, -0.05) is 16.8 Å². The van der Waals surface area contributed by atoms with Crippen LogP contribution >= 0.6 is 11.6 Å². The number of aromatic nitrogens is 1. The van der Waals surface area contributed by atoms with Gasteiger partial charge in [0.1, 0.15) is 5.76 Å². The van der Waals surface area contributed by atoms with Gasteiger partial charge in [0, 0.05) is 17.6 Å². The molecule has 21 heavy (non-hydrogen) atoms. The highest BCUT2D eigenvalue weighted by Gasteiger charge is 2.16. The van der Waals surface area contributed by atoms with Crippen molar-refractivity contribution < 1.29 is 17.7 Å². The first-order chi connectivity index (χ1) is 9.88. The molecule has 0 aliphatic heterocycles. The summed E-state index contributed by atoms with van der Waals surface area (Å²) in [6.07, 6.45) is 0. The van der Waals surface area contributed by atoms with Crippen LogP contribution in [0, 0.1) is 6.92 Å². The molecule has 0 aliphatic rings. The quantitative estimate of drug-likeness (QED) is 0.904. The predicted octanol–water partition coefficient (Wildman–Crippen LogP) is 1.84. The minimum Gasteiger partial charge on any atom is -0.361 e. The first-order valence-corrected chi connectivity index (χ1v) is 8.11. The second-order valence-electron chi connectivity index (χ2n) is 4.35. The molecular formula is C13H13ClN2O4S. The lowest BCUT2D eigenvalue weighted by Gasteiger charge is -2.05.